The van der Waals surface area contributed by atoms with Gasteiger partial charge in [-0.1, -0.05) is 22.9 Å². The van der Waals surface area contributed by atoms with Crippen molar-refractivity contribution < 1.29 is 4.42 Å². The maximum atomic E-state index is 5.38. The molecule has 18 heavy (non-hydrogen) atoms. The van der Waals surface area contributed by atoms with Gasteiger partial charge < -0.3 is 9.40 Å². The highest BCUT2D eigenvalue weighted by atomic mass is 79.9. The van der Waals surface area contributed by atoms with Gasteiger partial charge in [0.1, 0.15) is 5.69 Å². The Bertz CT molecular complexity index is 771. The predicted octanol–water partition coefficient (Wildman–Crippen LogP) is 4.21. The van der Waals surface area contributed by atoms with Crippen LogP contribution in [0, 0.1) is 4.84 Å². The summed E-state index contributed by atoms with van der Waals surface area (Å²) in [6.45, 7) is 2.11. The molecule has 6 heteroatoms. The van der Waals surface area contributed by atoms with Gasteiger partial charge in [0.2, 0.25) is 0 Å². The Labute approximate surface area is 117 Å². The molecule has 0 aliphatic rings. The summed E-state index contributed by atoms with van der Waals surface area (Å²) in [6, 6.07) is 6.13. The fraction of sp³-hybridized carbons (Fsp3) is 0.167. The molecule has 3 aromatic rings. The van der Waals surface area contributed by atoms with Crippen LogP contribution in [-0.2, 0) is 6.42 Å². The van der Waals surface area contributed by atoms with Crippen LogP contribution in [0.5, 0.6) is 0 Å². The zero-order valence-corrected chi connectivity index (χ0v) is 12.0. The van der Waals surface area contributed by atoms with E-state index in [4.69, 9.17) is 16.6 Å². The van der Waals surface area contributed by atoms with Crippen LogP contribution in [0.3, 0.4) is 0 Å². The second-order valence-corrected chi connectivity index (χ2v) is 5.23. The number of benzene rings is 1. The van der Waals surface area contributed by atoms with Crippen LogP contribution in [0.25, 0.3) is 22.5 Å². The molecular formula is C12H10BrN3OS. The third kappa shape index (κ3) is 1.81. The van der Waals surface area contributed by atoms with E-state index < -0.39 is 0 Å². The van der Waals surface area contributed by atoms with Crippen LogP contribution in [0.15, 0.2) is 27.1 Å². The topological polar surface area (TPSA) is 57.6 Å². The minimum absolute atomic E-state index is 0.284. The van der Waals surface area contributed by atoms with Crippen molar-refractivity contribution in [1.82, 2.24) is 15.2 Å². The van der Waals surface area contributed by atoms with Crippen molar-refractivity contribution in [2.75, 3.05) is 0 Å². The lowest BCUT2D eigenvalue weighted by Gasteiger charge is -1.97. The number of rotatable bonds is 2. The number of aromatic amines is 2. The normalized spacial score (nSPS) is 11.2. The van der Waals surface area contributed by atoms with E-state index in [1.807, 2.05) is 12.1 Å². The maximum Gasteiger partial charge on any atom is 0.284 e. The Morgan fingerprint density at radius 1 is 1.44 bits per heavy atom. The Hall–Kier alpha value is -1.40. The fourth-order valence-electron chi connectivity index (χ4n) is 2.11. The molecule has 0 fully saturated rings. The molecule has 2 heterocycles. The van der Waals surface area contributed by atoms with Crippen molar-refractivity contribution in [3.05, 3.63) is 33.1 Å². The van der Waals surface area contributed by atoms with Crippen molar-refractivity contribution in [2.45, 2.75) is 13.3 Å². The van der Waals surface area contributed by atoms with Gasteiger partial charge in [-0.15, -0.1) is 5.10 Å². The Morgan fingerprint density at radius 3 is 2.94 bits per heavy atom. The lowest BCUT2D eigenvalue weighted by molar-refractivity contribution is 0.550. The second-order valence-electron chi connectivity index (χ2n) is 3.94. The summed E-state index contributed by atoms with van der Waals surface area (Å²) in [7, 11) is 0. The summed E-state index contributed by atoms with van der Waals surface area (Å²) in [5.74, 6) is 0.504. The summed E-state index contributed by atoms with van der Waals surface area (Å²) in [6.07, 6.45) is 0.890. The van der Waals surface area contributed by atoms with Crippen molar-refractivity contribution in [3.8, 4) is 11.6 Å². The lowest BCUT2D eigenvalue weighted by atomic mass is 10.1. The van der Waals surface area contributed by atoms with E-state index in [0.29, 0.717) is 5.89 Å². The van der Waals surface area contributed by atoms with Crippen LogP contribution in [0.1, 0.15) is 12.5 Å². The number of nitrogens with one attached hydrogen (secondary N) is 2. The predicted molar refractivity (Wildman–Crippen MR) is 76.1 cm³/mol. The number of fused-ring (bicyclic) bond motifs is 1. The molecule has 0 spiro atoms. The minimum Gasteiger partial charge on any atom is -0.408 e. The number of aromatic nitrogens is 3. The molecule has 0 saturated heterocycles. The largest absolute Gasteiger partial charge is 0.408 e. The molecule has 0 atom stereocenters. The number of hydrogen-bond acceptors (Lipinski definition) is 3. The first-order valence-electron chi connectivity index (χ1n) is 5.55. The first-order valence-corrected chi connectivity index (χ1v) is 6.75. The fourth-order valence-corrected chi connectivity index (χ4v) is 2.59. The van der Waals surface area contributed by atoms with Crippen molar-refractivity contribution in [2.24, 2.45) is 0 Å². The molecule has 0 aliphatic heterocycles. The average Bonchev–Trinajstić information content (AvgIpc) is 2.91. The second kappa shape index (κ2) is 4.37. The minimum atomic E-state index is 0.284. The van der Waals surface area contributed by atoms with Gasteiger partial charge in [0.25, 0.3) is 10.7 Å². The Kier molecular flexibility index (Phi) is 2.83. The first-order chi connectivity index (χ1) is 8.69. The third-order valence-electron chi connectivity index (χ3n) is 2.87. The van der Waals surface area contributed by atoms with Gasteiger partial charge in [-0.05, 0) is 42.4 Å². The van der Waals surface area contributed by atoms with E-state index in [1.165, 1.54) is 10.9 Å². The molecule has 0 radical (unpaired) electrons. The molecule has 2 N–H and O–H groups in total. The van der Waals surface area contributed by atoms with Crippen LogP contribution in [0.2, 0.25) is 0 Å². The van der Waals surface area contributed by atoms with Crippen LogP contribution >= 0.6 is 28.1 Å². The quantitative estimate of drug-likeness (QED) is 0.695. The van der Waals surface area contributed by atoms with Gasteiger partial charge in [0, 0.05) is 15.4 Å². The van der Waals surface area contributed by atoms with Crippen molar-refractivity contribution in [3.63, 3.8) is 0 Å². The molecule has 92 valence electrons. The Balaban J connectivity index is 2.32. The number of nitrogens with zero attached hydrogens (tertiary/aromatic N) is 1. The zero-order valence-electron chi connectivity index (χ0n) is 9.58. The molecular weight excluding hydrogens is 314 g/mol. The van der Waals surface area contributed by atoms with Gasteiger partial charge in [-0.3, -0.25) is 0 Å². The number of H-pyrrole nitrogens is 2. The van der Waals surface area contributed by atoms with E-state index in [-0.39, 0.29) is 4.84 Å². The van der Waals surface area contributed by atoms with Gasteiger partial charge in [0.05, 0.1) is 0 Å². The van der Waals surface area contributed by atoms with Gasteiger partial charge in [0.15, 0.2) is 0 Å². The molecule has 4 nitrogen and oxygen atoms in total. The van der Waals surface area contributed by atoms with Crippen molar-refractivity contribution >= 4 is 39.1 Å². The molecule has 2 aromatic heterocycles. The van der Waals surface area contributed by atoms with Gasteiger partial charge in [-0.2, -0.15) is 0 Å². The molecule has 1 aromatic carbocycles. The summed E-state index contributed by atoms with van der Waals surface area (Å²) in [5.41, 5.74) is 3.13. The smallest absolute Gasteiger partial charge is 0.284 e. The van der Waals surface area contributed by atoms with Crippen molar-refractivity contribution in [1.29, 1.82) is 0 Å². The summed E-state index contributed by atoms with van der Waals surface area (Å²) in [4.78, 5) is 3.61. The van der Waals surface area contributed by atoms with E-state index in [1.54, 1.807) is 0 Å². The number of halogens is 1. The van der Waals surface area contributed by atoms with Crippen LogP contribution in [0.4, 0.5) is 0 Å². The molecule has 0 unspecified atom stereocenters. The van der Waals surface area contributed by atoms with E-state index >= 15 is 0 Å². The third-order valence-corrected chi connectivity index (χ3v) is 3.54. The van der Waals surface area contributed by atoms with E-state index in [9.17, 15) is 0 Å². The highest BCUT2D eigenvalue weighted by Crippen LogP contribution is 2.31. The average molecular weight is 324 g/mol. The molecule has 3 rings (SSSR count). The number of hydrogen-bond donors (Lipinski definition) is 2. The van der Waals surface area contributed by atoms with Crippen LogP contribution in [-0.4, -0.2) is 15.2 Å². The monoisotopic (exact) mass is 323 g/mol. The standard InChI is InChI=1S/C12H10BrN3OS/c1-2-7-8-5-6(13)3-4-9(8)14-10(7)11-15-16-12(18)17-11/h3-5,14H,2H2,1H3,(H,16,18). The highest BCUT2D eigenvalue weighted by Gasteiger charge is 2.15. The summed E-state index contributed by atoms with van der Waals surface area (Å²) < 4.78 is 6.43. The van der Waals surface area contributed by atoms with Gasteiger partial charge >= 0.3 is 0 Å². The highest BCUT2D eigenvalue weighted by molar-refractivity contribution is 9.10. The van der Waals surface area contributed by atoms with E-state index in [0.717, 1.165) is 22.1 Å². The zero-order chi connectivity index (χ0) is 12.7. The number of aryl methyl sites for hydroxylation is 1. The molecule has 0 amide bonds. The molecule has 0 aliphatic carbocycles. The van der Waals surface area contributed by atoms with E-state index in [2.05, 4.69) is 44.1 Å². The SMILES string of the molecule is CCc1c(-c2n[nH]c(=S)o2)[nH]c2ccc(Br)cc12. The maximum absolute atomic E-state index is 5.38. The molecule has 0 bridgehead atoms. The summed E-state index contributed by atoms with van der Waals surface area (Å²) in [5, 5.41) is 7.89. The summed E-state index contributed by atoms with van der Waals surface area (Å²) >= 11 is 8.40. The molecule has 0 saturated carbocycles. The van der Waals surface area contributed by atoms with Crippen LogP contribution < -0.4 is 0 Å². The van der Waals surface area contributed by atoms with Gasteiger partial charge in [-0.25, -0.2) is 5.10 Å². The Morgan fingerprint density at radius 2 is 2.28 bits per heavy atom. The lowest BCUT2D eigenvalue weighted by Crippen LogP contribution is -1.84. The first kappa shape index (κ1) is 11.7.